The maximum absolute atomic E-state index is 15.2. The van der Waals surface area contributed by atoms with Crippen molar-refractivity contribution in [1.82, 2.24) is 55.6 Å². The standard InChI is InChI=1S/C62H111N11O12/c1-25-27-28-40(15)52(75)51-56(79)65-43(26-2)58(81)67(18)33-48(74)68(19)44(29-34(3)4)55(78)66-49(38(11)12)61(84)69(20)45(30-35(5)6)54(77)63-41(16)53(76)64-42(17)57(80)70(21)46(31-36(7)8)59(82)71(22)47(32-37(9)10)60(83)72(23)50(39(13)14)62(85)73(51)24/h25,27,34-47,49-52,75H,26,28-33H2,1-24H3,(H,63,77)(H,64,76)(H,65,79)(H,66,78)/b27-25+/t40-,41+,42-,43+,44+,45+,46+,47+,49+,50+,51+,52?/m1/s1/i1T. The number of nitrogens with one attached hydrogen (secondary N) is 4. The Bertz CT molecular complexity index is 2350. The Morgan fingerprint density at radius 2 is 0.906 bits per heavy atom. The van der Waals surface area contributed by atoms with Crippen LogP contribution < -0.4 is 21.3 Å². The average Bonchev–Trinajstić information content (AvgIpc) is 3.63. The fourth-order valence-electron chi connectivity index (χ4n) is 10.6. The van der Waals surface area contributed by atoms with Gasteiger partial charge in [0.25, 0.3) is 0 Å². The molecule has 0 radical (unpaired) electrons. The SMILES string of the molecule is [3H]C/C=C/C[C@@H](C)C(O)[C@H]1C(=O)N[C@@H](CC)C(=O)N(C)CC(=O)N(C)[C@@H](CC(C)C)C(=O)N[C@@H](C(C)C)C(=O)N(C)[C@@H](CC(C)C)C(=O)N[C@@H](C)C(=O)N[C@H](C)C(=O)N(C)[C@@H](CC(C)C)C(=O)N(C)[C@@H](CC(C)C)C(=O)N(C)[C@@H](C(C)C)C(=O)N1C. The summed E-state index contributed by atoms with van der Waals surface area (Å²) in [6, 6.07) is -12.5. The van der Waals surface area contributed by atoms with E-state index < -0.39 is 156 Å². The molecule has 23 heteroatoms. The molecule has 85 heavy (non-hydrogen) atoms. The van der Waals surface area contributed by atoms with Crippen molar-refractivity contribution in [2.45, 2.75) is 223 Å². The number of likely N-dealkylation sites (N-methyl/N-ethyl adjacent to an activating group) is 7. The van der Waals surface area contributed by atoms with E-state index in [4.69, 9.17) is 1.37 Å². The molecule has 0 saturated carbocycles. The second kappa shape index (κ2) is 34.9. The van der Waals surface area contributed by atoms with Crippen molar-refractivity contribution in [3.63, 3.8) is 0 Å². The van der Waals surface area contributed by atoms with Crippen LogP contribution in [0.4, 0.5) is 0 Å². The van der Waals surface area contributed by atoms with Crippen LogP contribution in [0.1, 0.15) is 158 Å². The predicted molar refractivity (Wildman–Crippen MR) is 328 cm³/mol. The summed E-state index contributed by atoms with van der Waals surface area (Å²) in [5, 5.41) is 23.1. The zero-order valence-corrected chi connectivity index (χ0v) is 55.8. The van der Waals surface area contributed by atoms with E-state index in [0.29, 0.717) is 0 Å². The molecule has 1 aliphatic heterocycles. The number of carbonyl (C=O) groups is 11. The predicted octanol–water partition coefficient (Wildman–Crippen LogP) is 3.27. The quantitative estimate of drug-likeness (QED) is 0.148. The molecule has 486 valence electrons. The Labute approximate surface area is 510 Å². The molecule has 5 N–H and O–H groups in total. The van der Waals surface area contributed by atoms with Gasteiger partial charge in [0, 0.05) is 50.7 Å². The Balaban J connectivity index is 4.33. The van der Waals surface area contributed by atoms with Gasteiger partial charge in [0.1, 0.15) is 60.4 Å². The number of hydrogen-bond acceptors (Lipinski definition) is 12. The molecule has 0 aromatic rings. The molecule has 1 saturated heterocycles. The first-order valence-corrected chi connectivity index (χ1v) is 30.4. The number of aliphatic hydroxyl groups excluding tert-OH is 1. The summed E-state index contributed by atoms with van der Waals surface area (Å²) in [6.45, 7) is 27.3. The highest BCUT2D eigenvalue weighted by Crippen LogP contribution is 2.26. The highest BCUT2D eigenvalue weighted by atomic mass is 16.3. The van der Waals surface area contributed by atoms with Crippen molar-refractivity contribution in [3.8, 4) is 0 Å². The number of allylic oxidation sites excluding steroid dienone is 2. The van der Waals surface area contributed by atoms with Crippen molar-refractivity contribution in [3.05, 3.63) is 12.2 Å². The third-order valence-corrected chi connectivity index (χ3v) is 16.0. The number of amides is 11. The third-order valence-electron chi connectivity index (χ3n) is 16.0. The van der Waals surface area contributed by atoms with Gasteiger partial charge in [-0.15, -0.1) is 0 Å². The zero-order chi connectivity index (χ0) is 66.7. The molecule has 0 aromatic carbocycles. The van der Waals surface area contributed by atoms with Gasteiger partial charge in [-0.3, -0.25) is 52.7 Å². The molecule has 11 amide bonds. The number of nitrogens with zero attached hydrogens (tertiary/aromatic N) is 7. The van der Waals surface area contributed by atoms with Gasteiger partial charge in [-0.05, 0) is 101 Å². The number of aliphatic hydroxyl groups is 1. The lowest BCUT2D eigenvalue weighted by Crippen LogP contribution is -2.63. The highest BCUT2D eigenvalue weighted by Gasteiger charge is 2.45. The van der Waals surface area contributed by atoms with Crippen LogP contribution in [0.5, 0.6) is 0 Å². The normalized spacial score (nSPS) is 27.1. The Morgan fingerprint density at radius 1 is 0.482 bits per heavy atom. The molecule has 23 nitrogen and oxygen atoms in total. The van der Waals surface area contributed by atoms with Gasteiger partial charge in [0.2, 0.25) is 65.0 Å². The molecule has 1 rings (SSSR count). The Hall–Kier alpha value is -6.13. The van der Waals surface area contributed by atoms with E-state index in [0.717, 1.165) is 9.80 Å². The summed E-state index contributed by atoms with van der Waals surface area (Å²) >= 11 is 0. The Morgan fingerprint density at radius 3 is 1.36 bits per heavy atom. The molecular weight excluding hydrogens is 1090 g/mol. The summed E-state index contributed by atoms with van der Waals surface area (Å²) < 4.78 is 7.60. The monoisotopic (exact) mass is 1200 g/mol. The summed E-state index contributed by atoms with van der Waals surface area (Å²) in [6.07, 6.45) is 2.48. The first-order chi connectivity index (χ1) is 39.7. The van der Waals surface area contributed by atoms with E-state index in [1.165, 1.54) is 87.7 Å². The summed E-state index contributed by atoms with van der Waals surface area (Å²) in [7, 11) is 9.84. The van der Waals surface area contributed by atoms with E-state index in [2.05, 4.69) is 21.3 Å². The topological polar surface area (TPSA) is 279 Å². The smallest absolute Gasteiger partial charge is 0.246 e. The van der Waals surface area contributed by atoms with Crippen LogP contribution >= 0.6 is 0 Å². The highest BCUT2D eigenvalue weighted by molar-refractivity contribution is 5.99. The Kier molecular flexibility index (Phi) is 30.8. The first kappa shape index (κ1) is 75.0. The molecular formula is C62H111N11O12. The van der Waals surface area contributed by atoms with Crippen LogP contribution in [0.3, 0.4) is 0 Å². The minimum atomic E-state index is -1.66. The van der Waals surface area contributed by atoms with Crippen LogP contribution in [-0.2, 0) is 52.7 Å². The van der Waals surface area contributed by atoms with Gasteiger partial charge >= 0.3 is 0 Å². The van der Waals surface area contributed by atoms with Crippen LogP contribution in [0.25, 0.3) is 0 Å². The minimum absolute atomic E-state index is 0.00270. The lowest BCUT2D eigenvalue weighted by molar-refractivity contribution is -0.157. The van der Waals surface area contributed by atoms with Gasteiger partial charge in [0.05, 0.1) is 12.6 Å². The molecule has 0 bridgehead atoms. The van der Waals surface area contributed by atoms with Gasteiger partial charge in [-0.1, -0.05) is 109 Å². The van der Waals surface area contributed by atoms with Gasteiger partial charge in [-0.2, -0.15) is 0 Å². The van der Waals surface area contributed by atoms with E-state index in [9.17, 15) is 48.3 Å². The van der Waals surface area contributed by atoms with Crippen molar-refractivity contribution in [1.29, 1.82) is 0 Å². The lowest BCUT2D eigenvalue weighted by Gasteiger charge is -2.41. The molecule has 1 aliphatic rings. The molecule has 1 heterocycles. The fraction of sp³-hybridized carbons (Fsp3) is 0.790. The maximum atomic E-state index is 15.2. The lowest BCUT2D eigenvalue weighted by atomic mass is 9.91. The van der Waals surface area contributed by atoms with Gasteiger partial charge < -0.3 is 60.7 Å². The molecule has 0 aliphatic carbocycles. The number of carbonyl (C=O) groups excluding carboxylic acids is 11. The van der Waals surface area contributed by atoms with E-state index in [-0.39, 0.29) is 69.1 Å². The van der Waals surface area contributed by atoms with Crippen LogP contribution in [-0.4, -0.2) is 227 Å². The van der Waals surface area contributed by atoms with Crippen molar-refractivity contribution < 1.29 is 59.2 Å². The number of rotatable bonds is 15. The largest absolute Gasteiger partial charge is 0.390 e. The zero-order valence-electron chi connectivity index (χ0n) is 56.8. The van der Waals surface area contributed by atoms with E-state index in [1.54, 1.807) is 53.7 Å². The molecule has 12 atom stereocenters. The summed E-state index contributed by atoms with van der Waals surface area (Å²) in [5.41, 5.74) is 0. The van der Waals surface area contributed by atoms with E-state index in [1.807, 2.05) is 55.4 Å². The number of hydrogen-bond donors (Lipinski definition) is 5. The molecule has 0 spiro atoms. The molecule has 1 fully saturated rings. The fourth-order valence-corrected chi connectivity index (χ4v) is 10.6. The van der Waals surface area contributed by atoms with E-state index >= 15 is 9.59 Å². The summed E-state index contributed by atoms with van der Waals surface area (Å²) in [4.78, 5) is 169. The average molecular weight is 1200 g/mol. The third kappa shape index (κ3) is 21.7. The van der Waals surface area contributed by atoms with Crippen molar-refractivity contribution in [2.24, 2.45) is 41.4 Å². The second-order valence-electron chi connectivity index (χ2n) is 26.0. The van der Waals surface area contributed by atoms with Gasteiger partial charge in [-0.25, -0.2) is 0 Å². The maximum Gasteiger partial charge on any atom is 0.246 e. The van der Waals surface area contributed by atoms with Crippen molar-refractivity contribution in [2.75, 3.05) is 55.9 Å². The first-order valence-electron chi connectivity index (χ1n) is 31.1. The van der Waals surface area contributed by atoms with Crippen LogP contribution in [0.15, 0.2) is 12.2 Å². The minimum Gasteiger partial charge on any atom is -0.390 e. The molecule has 1 unspecified atom stereocenters. The second-order valence-corrected chi connectivity index (χ2v) is 26.0. The summed E-state index contributed by atoms with van der Waals surface area (Å²) in [5.74, 6) is -10.0. The van der Waals surface area contributed by atoms with Crippen molar-refractivity contribution >= 4 is 65.0 Å². The van der Waals surface area contributed by atoms with Gasteiger partial charge in [0.15, 0.2) is 0 Å². The van der Waals surface area contributed by atoms with Crippen LogP contribution in [0, 0.1) is 41.4 Å². The van der Waals surface area contributed by atoms with Crippen LogP contribution in [0.2, 0.25) is 0 Å². The molecule has 0 aromatic heterocycles.